The summed E-state index contributed by atoms with van der Waals surface area (Å²) in [5, 5.41) is 16.1. The van der Waals surface area contributed by atoms with Gasteiger partial charge in [0, 0.05) is 228 Å². The van der Waals surface area contributed by atoms with Crippen LogP contribution in [0.25, 0.3) is 67.2 Å². The third-order valence-electron chi connectivity index (χ3n) is 25.6. The Hall–Kier alpha value is -12.6. The number of hydrogen-bond donors (Lipinski definition) is 2. The summed E-state index contributed by atoms with van der Waals surface area (Å²) in [7, 11) is -11.0. The lowest BCUT2D eigenvalue weighted by Crippen LogP contribution is -2.46. The van der Waals surface area contributed by atoms with E-state index in [4.69, 9.17) is 40.5 Å². The number of piperazine rings is 3. The first-order valence-electron chi connectivity index (χ1n) is 46.3. The minimum absolute atomic E-state index is 0.0330. The van der Waals surface area contributed by atoms with E-state index in [0.717, 1.165) is 105 Å². The standard InChI is InChI=1S/C39H41ClF2N4O2S.C31H32ClFN4O4S.C31H34ClFN4O2S.C8H9F/c1-25(2)46-27(4)39(49(5,47)48)37(38(46)29-7-9-31(40)10-8-29)30-21-32(41)23-35(22-30)45-18-16-44(17-19-45)34-13-11-33(12-14-34)43-24-28-6-15-36(42)26(3)20-28;1-20(2)36-21(3)31(42(4,40)41)29(30(36)22-5-7-24(32)8-6-22)23-17-25(33)19-28(18-23)35-15-13-34(14-16-35)26-9-11-27(12-10-26)37(38)39;1-20(2)37-21(3)31(40(4,38)39)29(30(37)22-5-7-24(32)8-6-22)23-17-25(33)19-28(18-23)36-15-13-35(14-16-36)27-11-9-26(34)10-12-27;1-6-3-4-8(9)7(2)5-6/h6-15,20-23,25,43H,16-19,24H2,1-5H3;5-12,17-20H,13-16H2,1-4H3;5-12,17-20H,13-16,34H2,1-4H3;3-5H,1-2H3. The van der Waals surface area contributed by atoms with Crippen molar-refractivity contribution in [3.63, 3.8) is 0 Å². The molecule has 17 rings (SSSR count). The summed E-state index contributed by atoms with van der Waals surface area (Å²) in [4.78, 5) is 24.3. The Morgan fingerprint density at radius 2 is 0.629 bits per heavy atom. The average molecular weight is 2020 g/mol. The number of nitro benzene ring substituents is 1. The molecule has 3 aliphatic heterocycles. The van der Waals surface area contributed by atoms with Crippen molar-refractivity contribution in [3.8, 4) is 67.2 Å². The summed E-state index contributed by atoms with van der Waals surface area (Å²) in [6.45, 7) is 31.7. The molecule has 3 fully saturated rings. The molecule has 0 bridgehead atoms. The van der Waals surface area contributed by atoms with Crippen LogP contribution in [0.5, 0.6) is 0 Å². The van der Waals surface area contributed by atoms with Crippen molar-refractivity contribution < 1.29 is 52.1 Å². The van der Waals surface area contributed by atoms with Crippen LogP contribution in [-0.4, -0.2) is 141 Å². The molecule has 31 heteroatoms. The second-order valence-corrected chi connectivity index (χ2v) is 43.9. The molecule has 140 heavy (non-hydrogen) atoms. The minimum Gasteiger partial charge on any atom is -0.399 e. The van der Waals surface area contributed by atoms with Gasteiger partial charge in [0.05, 0.1) is 36.7 Å². The number of aromatic nitrogens is 3. The number of nitrogens with zero attached hydrogens (tertiary/aromatic N) is 10. The van der Waals surface area contributed by atoms with Gasteiger partial charge in [-0.1, -0.05) is 101 Å². The largest absolute Gasteiger partial charge is 0.399 e. The zero-order valence-electron chi connectivity index (χ0n) is 81.0. The van der Waals surface area contributed by atoms with Crippen LogP contribution in [0.3, 0.4) is 0 Å². The number of nitrogens with one attached hydrogen (secondary N) is 1. The smallest absolute Gasteiger partial charge is 0.269 e. The van der Waals surface area contributed by atoms with Crippen LogP contribution in [0, 0.1) is 80.7 Å². The summed E-state index contributed by atoms with van der Waals surface area (Å²) in [6.07, 6.45) is 3.61. The number of halogens is 8. The van der Waals surface area contributed by atoms with Crippen molar-refractivity contribution in [2.75, 3.05) is 138 Å². The molecule has 0 radical (unpaired) electrons. The van der Waals surface area contributed by atoms with Crippen LogP contribution in [0.15, 0.2) is 251 Å². The van der Waals surface area contributed by atoms with Crippen LogP contribution in [0.1, 0.15) is 99.0 Å². The molecule has 0 unspecified atom stereocenters. The number of nitro groups is 1. The molecule has 0 amide bonds. The Balaban J connectivity index is 0.000000160. The maximum atomic E-state index is 15.5. The predicted molar refractivity (Wildman–Crippen MR) is 564 cm³/mol. The zero-order chi connectivity index (χ0) is 101. The van der Waals surface area contributed by atoms with E-state index in [9.17, 15) is 44.1 Å². The highest BCUT2D eigenvalue weighted by atomic mass is 35.5. The van der Waals surface area contributed by atoms with Crippen molar-refractivity contribution in [1.82, 2.24) is 13.7 Å². The third kappa shape index (κ3) is 23.7. The molecular formula is C109H116Cl3F5N12O8S3. The van der Waals surface area contributed by atoms with Gasteiger partial charge in [0.1, 0.15) is 29.1 Å². The molecule has 734 valence electrons. The molecule has 20 nitrogen and oxygen atoms in total. The van der Waals surface area contributed by atoms with Gasteiger partial charge in [-0.2, -0.15) is 0 Å². The van der Waals surface area contributed by atoms with Crippen molar-refractivity contribution in [3.05, 3.63) is 330 Å². The number of non-ortho nitro benzene ring substituents is 1. The second-order valence-electron chi connectivity index (χ2n) is 36.8. The molecule has 3 aromatic heterocycles. The lowest BCUT2D eigenvalue weighted by molar-refractivity contribution is -0.384. The zero-order valence-corrected chi connectivity index (χ0v) is 85.7. The van der Waals surface area contributed by atoms with E-state index in [2.05, 4.69) is 46.8 Å². The Morgan fingerprint density at radius 1 is 0.350 bits per heavy atom. The van der Waals surface area contributed by atoms with Crippen molar-refractivity contribution in [2.45, 2.75) is 122 Å². The molecule has 3 aliphatic rings. The number of rotatable bonds is 22. The molecule has 3 saturated heterocycles. The Kier molecular flexibility index (Phi) is 31.9. The van der Waals surface area contributed by atoms with Gasteiger partial charge in [-0.25, -0.2) is 47.2 Å². The van der Waals surface area contributed by atoms with E-state index < -0.39 is 51.9 Å². The first kappa shape index (κ1) is 103. The average Bonchev–Trinajstić information content (AvgIpc) is 1.59. The van der Waals surface area contributed by atoms with Gasteiger partial charge >= 0.3 is 0 Å². The summed E-state index contributed by atoms with van der Waals surface area (Å²) in [6, 6.07) is 68.9. The Bertz CT molecular complexity index is 7250. The van der Waals surface area contributed by atoms with Crippen molar-refractivity contribution >= 4 is 116 Å². The molecule has 14 aromatic rings. The van der Waals surface area contributed by atoms with Gasteiger partial charge in [-0.05, 0) is 297 Å². The summed E-state index contributed by atoms with van der Waals surface area (Å²) < 4.78 is 158. The molecular weight excluding hydrogens is 1900 g/mol. The molecule has 11 aromatic carbocycles. The molecule has 0 aliphatic carbocycles. The number of sulfone groups is 3. The fourth-order valence-electron chi connectivity index (χ4n) is 19.3. The molecule has 0 spiro atoms. The number of aryl methyl sites for hydroxylation is 3. The van der Waals surface area contributed by atoms with Crippen LogP contribution in [0.4, 0.5) is 73.1 Å². The van der Waals surface area contributed by atoms with Crippen molar-refractivity contribution in [2.24, 2.45) is 0 Å². The monoisotopic (exact) mass is 2020 g/mol. The Morgan fingerprint density at radius 3 is 0.900 bits per heavy atom. The fraction of sp³-hybridized carbons (Fsp3) is 0.284. The lowest BCUT2D eigenvalue weighted by atomic mass is 9.99. The quantitative estimate of drug-likeness (QED) is 0.0279. The van der Waals surface area contributed by atoms with Crippen molar-refractivity contribution in [1.29, 1.82) is 0 Å². The van der Waals surface area contributed by atoms with Crippen LogP contribution < -0.4 is 40.4 Å². The van der Waals surface area contributed by atoms with Gasteiger partial charge in [-0.3, -0.25) is 10.1 Å². The normalized spacial score (nSPS) is 13.7. The molecule has 3 N–H and O–H groups in total. The highest BCUT2D eigenvalue weighted by molar-refractivity contribution is 7.91. The highest BCUT2D eigenvalue weighted by Crippen LogP contribution is 2.50. The van der Waals surface area contributed by atoms with Crippen LogP contribution in [-0.2, 0) is 36.1 Å². The number of nitrogen functional groups attached to an aromatic ring is 1. The first-order valence-corrected chi connectivity index (χ1v) is 53.1. The lowest BCUT2D eigenvalue weighted by Gasteiger charge is -2.37. The highest BCUT2D eigenvalue weighted by Gasteiger charge is 2.36. The summed E-state index contributed by atoms with van der Waals surface area (Å²) in [5.74, 6) is -1.63. The van der Waals surface area contributed by atoms with E-state index in [1.807, 2.05) is 179 Å². The van der Waals surface area contributed by atoms with E-state index in [1.54, 1.807) is 81.4 Å². The third-order valence-corrected chi connectivity index (χ3v) is 30.1. The fourth-order valence-corrected chi connectivity index (χ4v) is 23.3. The first-order chi connectivity index (χ1) is 66.3. The summed E-state index contributed by atoms with van der Waals surface area (Å²) >= 11 is 18.6. The van der Waals surface area contributed by atoms with Gasteiger partial charge in [0.15, 0.2) is 29.5 Å². The van der Waals surface area contributed by atoms with E-state index >= 15 is 13.2 Å². The number of anilines is 8. The predicted octanol–water partition coefficient (Wildman–Crippen LogP) is 25.7. The number of nitrogens with two attached hydrogens (primary N) is 1. The van der Waals surface area contributed by atoms with Crippen LogP contribution >= 0.6 is 34.8 Å². The van der Waals surface area contributed by atoms with Gasteiger partial charge < -0.3 is 54.2 Å². The molecule has 6 heterocycles. The SMILES string of the molecule is Cc1c(S(C)(=O)=O)c(-c2cc(F)cc(N3CCN(c4ccc(N)cc4)CC3)c2)c(-c2ccc(Cl)cc2)n1C(C)C.Cc1c(S(C)(=O)=O)c(-c2cc(F)cc(N3CCN(c4ccc([N+](=O)[O-])cc4)CC3)c2)c(-c2ccc(Cl)cc2)n1C(C)C.Cc1cc(CNc2ccc(N3CCN(c4cc(F)cc(-c5c(S(C)(=O)=O)c(C)n(C(C)C)c5-c5ccc(Cl)cc5)c4)CC3)cc2)ccc1F.Cc1ccc(F)c(C)c1. The summed E-state index contributed by atoms with van der Waals surface area (Å²) in [5.41, 5.74) is 25.6. The Labute approximate surface area is 832 Å². The van der Waals surface area contributed by atoms with Gasteiger partial charge in [0.2, 0.25) is 0 Å². The van der Waals surface area contributed by atoms with Gasteiger partial charge in [-0.15, -0.1) is 0 Å². The number of hydrogen-bond acceptors (Lipinski definition) is 16. The van der Waals surface area contributed by atoms with E-state index in [0.29, 0.717) is 147 Å². The topological polar surface area (TPSA) is 218 Å². The maximum absolute atomic E-state index is 15.5. The van der Waals surface area contributed by atoms with E-state index in [1.165, 1.54) is 79.4 Å². The number of benzene rings is 11. The second kappa shape index (κ2) is 43.3. The minimum atomic E-state index is -3.69. The molecule has 0 atom stereocenters. The van der Waals surface area contributed by atoms with E-state index in [-0.39, 0.29) is 50.1 Å². The van der Waals surface area contributed by atoms with Gasteiger partial charge in [0.25, 0.3) is 5.69 Å². The maximum Gasteiger partial charge on any atom is 0.269 e. The molecule has 0 saturated carbocycles. The van der Waals surface area contributed by atoms with Crippen LogP contribution in [0.2, 0.25) is 15.1 Å².